The Bertz CT molecular complexity index is 690. The Morgan fingerprint density at radius 1 is 1.41 bits per heavy atom. The van der Waals surface area contributed by atoms with Gasteiger partial charge in [0, 0.05) is 25.3 Å². The molecule has 0 spiro atoms. The second-order valence-corrected chi connectivity index (χ2v) is 8.13. The second-order valence-electron chi connectivity index (χ2n) is 8.13. The topological polar surface area (TPSA) is 95.0 Å². The zero-order valence-electron chi connectivity index (χ0n) is 17.8. The number of aromatic hydroxyl groups is 1. The van der Waals surface area contributed by atoms with E-state index >= 15 is 0 Å². The van der Waals surface area contributed by atoms with Crippen LogP contribution in [0.3, 0.4) is 0 Å². The molecule has 2 heterocycles. The lowest BCUT2D eigenvalue weighted by molar-refractivity contribution is -0.159. The Labute approximate surface area is 172 Å². The van der Waals surface area contributed by atoms with Gasteiger partial charge in [0.25, 0.3) is 0 Å². The van der Waals surface area contributed by atoms with Crippen LogP contribution < -0.4 is 4.74 Å². The molecule has 1 aliphatic rings. The van der Waals surface area contributed by atoms with E-state index in [1.807, 2.05) is 6.92 Å². The van der Waals surface area contributed by atoms with Gasteiger partial charge < -0.3 is 19.3 Å². The van der Waals surface area contributed by atoms with Crippen molar-refractivity contribution in [2.24, 2.45) is 17.8 Å². The molecule has 1 aromatic heterocycles. The summed E-state index contributed by atoms with van der Waals surface area (Å²) in [5.74, 6) is -0.911. The first-order valence-corrected chi connectivity index (χ1v) is 10.4. The highest BCUT2D eigenvalue weighted by atomic mass is 16.5. The van der Waals surface area contributed by atoms with Crippen LogP contribution >= 0.6 is 0 Å². The van der Waals surface area contributed by atoms with E-state index < -0.39 is 17.7 Å². The molecule has 1 fully saturated rings. The van der Waals surface area contributed by atoms with Crippen molar-refractivity contribution in [1.82, 2.24) is 4.98 Å². The highest BCUT2D eigenvalue weighted by molar-refractivity contribution is 5.99. The van der Waals surface area contributed by atoms with Crippen LogP contribution in [0.2, 0.25) is 0 Å². The third-order valence-corrected chi connectivity index (χ3v) is 5.40. The summed E-state index contributed by atoms with van der Waals surface area (Å²) in [4.78, 5) is 29.4. The summed E-state index contributed by atoms with van der Waals surface area (Å²) >= 11 is 0. The molecule has 2 rings (SSSR count). The molecule has 29 heavy (non-hydrogen) atoms. The molecule has 1 aromatic rings. The van der Waals surface area contributed by atoms with E-state index in [1.165, 1.54) is 19.4 Å². The summed E-state index contributed by atoms with van der Waals surface area (Å²) in [6.45, 7) is 6.96. The number of ketones is 1. The Morgan fingerprint density at radius 2 is 2.17 bits per heavy atom. The number of rotatable bonds is 7. The largest absolute Gasteiger partial charge is 0.503 e. The lowest BCUT2D eigenvalue weighted by Crippen LogP contribution is -2.33. The SMILES string of the molecule is COc1ccnc(C(=O)C[C@H]2COCCC[C@@H](CCC(C)C)[C@H](C)OC2=O)c1O. The number of pyridine rings is 1. The van der Waals surface area contributed by atoms with Crippen LogP contribution in [0.15, 0.2) is 12.3 Å². The monoisotopic (exact) mass is 407 g/mol. The average molecular weight is 408 g/mol. The number of carbonyl (C=O) groups excluding carboxylic acids is 2. The number of esters is 1. The minimum atomic E-state index is -0.735. The van der Waals surface area contributed by atoms with E-state index in [1.54, 1.807) is 0 Å². The van der Waals surface area contributed by atoms with Crippen molar-refractivity contribution in [2.75, 3.05) is 20.3 Å². The summed E-state index contributed by atoms with van der Waals surface area (Å²) in [5, 5.41) is 10.2. The van der Waals surface area contributed by atoms with E-state index in [2.05, 4.69) is 18.8 Å². The summed E-state index contributed by atoms with van der Waals surface area (Å²) in [6, 6.07) is 1.46. The molecule has 162 valence electrons. The lowest BCUT2D eigenvalue weighted by Gasteiger charge is -2.28. The first kappa shape index (κ1) is 23.1. The van der Waals surface area contributed by atoms with Crippen molar-refractivity contribution in [3.05, 3.63) is 18.0 Å². The van der Waals surface area contributed by atoms with Crippen molar-refractivity contribution in [3.8, 4) is 11.5 Å². The molecule has 1 aliphatic heterocycles. The molecular formula is C22H33NO6. The number of methoxy groups -OCH3 is 1. The molecule has 0 amide bonds. The molecular weight excluding hydrogens is 374 g/mol. The van der Waals surface area contributed by atoms with Gasteiger partial charge in [0.05, 0.1) is 19.6 Å². The summed E-state index contributed by atoms with van der Waals surface area (Å²) in [7, 11) is 1.40. The number of ether oxygens (including phenoxy) is 3. The highest BCUT2D eigenvalue weighted by Gasteiger charge is 2.31. The van der Waals surface area contributed by atoms with Gasteiger partial charge in [-0.15, -0.1) is 0 Å². The van der Waals surface area contributed by atoms with Gasteiger partial charge in [-0.3, -0.25) is 9.59 Å². The number of hydrogen-bond donors (Lipinski definition) is 1. The van der Waals surface area contributed by atoms with Crippen molar-refractivity contribution >= 4 is 11.8 Å². The van der Waals surface area contributed by atoms with Gasteiger partial charge in [0.2, 0.25) is 0 Å². The summed E-state index contributed by atoms with van der Waals surface area (Å²) in [5.41, 5.74) is -0.114. The zero-order valence-corrected chi connectivity index (χ0v) is 17.8. The van der Waals surface area contributed by atoms with Crippen LogP contribution in [0.4, 0.5) is 0 Å². The van der Waals surface area contributed by atoms with E-state index in [9.17, 15) is 14.7 Å². The fraction of sp³-hybridized carbons (Fsp3) is 0.682. The number of carbonyl (C=O) groups is 2. The van der Waals surface area contributed by atoms with Crippen LogP contribution in [-0.2, 0) is 14.3 Å². The molecule has 3 atom stereocenters. The number of hydrogen-bond acceptors (Lipinski definition) is 7. The van der Waals surface area contributed by atoms with Crippen molar-refractivity contribution in [3.63, 3.8) is 0 Å². The number of cyclic esters (lactones) is 1. The van der Waals surface area contributed by atoms with Crippen molar-refractivity contribution in [2.45, 2.75) is 59.0 Å². The summed E-state index contributed by atoms with van der Waals surface area (Å²) in [6.07, 6.45) is 4.95. The van der Waals surface area contributed by atoms with Crippen LogP contribution in [0.1, 0.15) is 63.4 Å². The van der Waals surface area contributed by atoms with Gasteiger partial charge in [0.1, 0.15) is 6.10 Å². The van der Waals surface area contributed by atoms with Crippen LogP contribution in [0, 0.1) is 17.8 Å². The molecule has 7 nitrogen and oxygen atoms in total. The molecule has 1 saturated heterocycles. The maximum Gasteiger partial charge on any atom is 0.312 e. The quantitative estimate of drug-likeness (QED) is 0.543. The van der Waals surface area contributed by atoms with Gasteiger partial charge in [-0.05, 0) is 38.0 Å². The molecule has 0 aliphatic carbocycles. The number of aromatic nitrogens is 1. The van der Waals surface area contributed by atoms with Crippen LogP contribution in [0.25, 0.3) is 0 Å². The Morgan fingerprint density at radius 3 is 2.86 bits per heavy atom. The highest BCUT2D eigenvalue weighted by Crippen LogP contribution is 2.30. The minimum Gasteiger partial charge on any atom is -0.503 e. The zero-order chi connectivity index (χ0) is 21.4. The third-order valence-electron chi connectivity index (χ3n) is 5.40. The Balaban J connectivity index is 2.08. The fourth-order valence-electron chi connectivity index (χ4n) is 3.55. The first-order chi connectivity index (χ1) is 13.8. The molecule has 0 aromatic carbocycles. The number of Topliss-reactive ketones (excluding diaryl/α,β-unsaturated/α-hetero) is 1. The molecule has 7 heteroatoms. The molecule has 0 bridgehead atoms. The van der Waals surface area contributed by atoms with Gasteiger partial charge in [-0.1, -0.05) is 20.3 Å². The predicted molar refractivity (Wildman–Crippen MR) is 108 cm³/mol. The first-order valence-electron chi connectivity index (χ1n) is 10.4. The molecule has 0 saturated carbocycles. The van der Waals surface area contributed by atoms with Crippen molar-refractivity contribution < 1.29 is 28.9 Å². The average Bonchev–Trinajstić information content (AvgIpc) is 2.68. The standard InChI is InChI=1S/C22H33NO6/c1-14(2)7-8-16-6-5-11-28-13-17(22(26)29-15(16)3)12-18(24)20-21(25)19(27-4)9-10-23-20/h9-10,14-17,25H,5-8,11-13H2,1-4H3/t15-,16-,17-/m0/s1. The van der Waals surface area contributed by atoms with Gasteiger partial charge in [0.15, 0.2) is 23.0 Å². The molecule has 0 unspecified atom stereocenters. The Hall–Kier alpha value is -2.15. The second kappa shape index (κ2) is 11.1. The smallest absolute Gasteiger partial charge is 0.312 e. The maximum absolute atomic E-state index is 12.7. The van der Waals surface area contributed by atoms with Gasteiger partial charge in [-0.25, -0.2) is 4.98 Å². The van der Waals surface area contributed by atoms with Crippen LogP contribution in [0.5, 0.6) is 11.5 Å². The maximum atomic E-state index is 12.7. The number of nitrogens with zero attached hydrogens (tertiary/aromatic N) is 1. The van der Waals surface area contributed by atoms with Crippen molar-refractivity contribution in [1.29, 1.82) is 0 Å². The third kappa shape index (κ3) is 6.70. The predicted octanol–water partition coefficient (Wildman–Crippen LogP) is 3.78. The fourth-order valence-corrected chi connectivity index (χ4v) is 3.55. The van der Waals surface area contributed by atoms with E-state index in [0.717, 1.165) is 25.7 Å². The molecule has 1 N–H and O–H groups in total. The Kier molecular flexibility index (Phi) is 8.89. The van der Waals surface area contributed by atoms with E-state index in [-0.39, 0.29) is 42.2 Å². The normalized spacial score (nSPS) is 23.5. The van der Waals surface area contributed by atoms with Crippen LogP contribution in [-0.4, -0.2) is 48.3 Å². The lowest BCUT2D eigenvalue weighted by atomic mass is 9.89. The van der Waals surface area contributed by atoms with Gasteiger partial charge >= 0.3 is 5.97 Å². The molecule has 0 radical (unpaired) electrons. The van der Waals surface area contributed by atoms with E-state index in [0.29, 0.717) is 12.5 Å². The minimum absolute atomic E-state index is 0.110. The summed E-state index contributed by atoms with van der Waals surface area (Å²) < 4.78 is 16.4. The van der Waals surface area contributed by atoms with Gasteiger partial charge in [-0.2, -0.15) is 0 Å². The van der Waals surface area contributed by atoms with E-state index in [4.69, 9.17) is 14.2 Å².